The second-order valence-electron chi connectivity index (χ2n) is 11.1. The second kappa shape index (κ2) is 10.8. The molecular formula is C29H44N4O. The molecule has 5 rings (SSSR count). The van der Waals surface area contributed by atoms with Crippen LogP contribution in [-0.4, -0.2) is 66.2 Å². The Bertz CT molecular complexity index is 974. The molecule has 1 N–H and O–H groups in total. The highest BCUT2D eigenvalue weighted by Crippen LogP contribution is 2.36. The summed E-state index contributed by atoms with van der Waals surface area (Å²) in [6.07, 6.45) is 11.1. The number of nitrogens with zero attached hydrogens (tertiary/aromatic N) is 3. The molecule has 0 spiro atoms. The fraction of sp³-hybridized carbons (Fsp3) is 0.690. The number of nitrogens with one attached hydrogen (secondary N) is 1. The largest absolute Gasteiger partial charge is 0.493 e. The van der Waals surface area contributed by atoms with Crippen molar-refractivity contribution in [2.24, 2.45) is 0 Å². The van der Waals surface area contributed by atoms with Gasteiger partial charge in [-0.3, -0.25) is 0 Å². The molecule has 5 nitrogen and oxygen atoms in total. The average molecular weight is 465 g/mol. The van der Waals surface area contributed by atoms with Gasteiger partial charge in [0, 0.05) is 43.2 Å². The number of aryl methyl sites for hydroxylation is 2. The summed E-state index contributed by atoms with van der Waals surface area (Å²) < 4.78 is 6.28. The third-order valence-electron chi connectivity index (χ3n) is 8.28. The number of aromatic nitrogens is 1. The molecule has 0 radical (unpaired) electrons. The molecule has 2 aliphatic heterocycles. The van der Waals surface area contributed by atoms with Crippen LogP contribution in [0.15, 0.2) is 12.1 Å². The minimum Gasteiger partial charge on any atom is -0.493 e. The fourth-order valence-electron chi connectivity index (χ4n) is 6.17. The predicted octanol–water partition coefficient (Wildman–Crippen LogP) is 5.57. The molecule has 3 aliphatic rings. The maximum atomic E-state index is 6.28. The number of pyridine rings is 1. The van der Waals surface area contributed by atoms with Crippen LogP contribution in [0.4, 0.5) is 5.82 Å². The second-order valence-corrected chi connectivity index (χ2v) is 11.1. The molecule has 5 heteroatoms. The maximum absolute atomic E-state index is 6.28. The molecule has 2 aromatic rings. The molecule has 2 saturated heterocycles. The Morgan fingerprint density at radius 2 is 1.74 bits per heavy atom. The van der Waals surface area contributed by atoms with Gasteiger partial charge in [-0.1, -0.05) is 0 Å². The van der Waals surface area contributed by atoms with E-state index in [0.717, 1.165) is 43.1 Å². The van der Waals surface area contributed by atoms with E-state index in [9.17, 15) is 0 Å². The molecule has 0 unspecified atom stereocenters. The van der Waals surface area contributed by atoms with E-state index in [1.165, 1.54) is 93.2 Å². The minimum atomic E-state index is 0.526. The summed E-state index contributed by atoms with van der Waals surface area (Å²) >= 11 is 0. The predicted molar refractivity (Wildman–Crippen MR) is 142 cm³/mol. The average Bonchev–Trinajstić information content (AvgIpc) is 3.37. The lowest BCUT2D eigenvalue weighted by atomic mass is 9.88. The van der Waals surface area contributed by atoms with Gasteiger partial charge < -0.3 is 19.9 Å². The van der Waals surface area contributed by atoms with Crippen LogP contribution >= 0.6 is 0 Å². The number of anilines is 1. The third-order valence-corrected chi connectivity index (χ3v) is 8.28. The van der Waals surface area contributed by atoms with Crippen molar-refractivity contribution in [2.45, 2.75) is 90.6 Å². The van der Waals surface area contributed by atoms with Gasteiger partial charge in [0.15, 0.2) is 0 Å². The van der Waals surface area contributed by atoms with Crippen LogP contribution < -0.4 is 10.1 Å². The summed E-state index contributed by atoms with van der Waals surface area (Å²) in [5.74, 6) is 2.16. The number of benzene rings is 1. The van der Waals surface area contributed by atoms with Crippen LogP contribution in [0.5, 0.6) is 5.75 Å². The zero-order valence-electron chi connectivity index (χ0n) is 21.7. The van der Waals surface area contributed by atoms with Gasteiger partial charge in [0.2, 0.25) is 0 Å². The van der Waals surface area contributed by atoms with Crippen LogP contribution in [0, 0.1) is 6.92 Å². The summed E-state index contributed by atoms with van der Waals surface area (Å²) in [5.41, 5.74) is 5.35. The summed E-state index contributed by atoms with van der Waals surface area (Å²) in [6, 6.07) is 5.72. The van der Waals surface area contributed by atoms with Crippen molar-refractivity contribution in [1.29, 1.82) is 0 Å². The van der Waals surface area contributed by atoms with Crippen molar-refractivity contribution < 1.29 is 4.74 Å². The molecule has 0 bridgehead atoms. The molecule has 186 valence electrons. The Kier molecular flexibility index (Phi) is 7.60. The Morgan fingerprint density at radius 3 is 2.47 bits per heavy atom. The van der Waals surface area contributed by atoms with Crippen LogP contribution in [0.25, 0.3) is 10.9 Å². The molecule has 1 aliphatic carbocycles. The fourth-order valence-corrected chi connectivity index (χ4v) is 6.17. The molecule has 3 heterocycles. The standard InChI is InChI=1S/C29H44N4O/c1-21(2)33-16-11-23(12-17-33)30-29-25-10-5-4-9-24(25)26-19-22(3)28(20-27(26)31-29)34-18-8-15-32-13-6-7-14-32/h19-21,23H,4-18H2,1-3H3,(H,30,31). The first kappa shape index (κ1) is 23.9. The summed E-state index contributed by atoms with van der Waals surface area (Å²) in [7, 11) is 0. The van der Waals surface area contributed by atoms with Crippen molar-refractivity contribution in [3.05, 3.63) is 28.8 Å². The number of likely N-dealkylation sites (tertiary alicyclic amines) is 2. The molecular weight excluding hydrogens is 420 g/mol. The van der Waals surface area contributed by atoms with Crippen LogP contribution in [0.1, 0.15) is 75.5 Å². The molecule has 0 saturated carbocycles. The molecule has 0 atom stereocenters. The van der Waals surface area contributed by atoms with Crippen LogP contribution in [0.3, 0.4) is 0 Å². The van der Waals surface area contributed by atoms with Crippen molar-refractivity contribution >= 4 is 16.7 Å². The highest BCUT2D eigenvalue weighted by Gasteiger charge is 2.24. The first-order valence-corrected chi connectivity index (χ1v) is 13.9. The topological polar surface area (TPSA) is 40.6 Å². The zero-order chi connectivity index (χ0) is 23.5. The number of hydrogen-bond donors (Lipinski definition) is 1. The molecule has 2 fully saturated rings. The minimum absolute atomic E-state index is 0.526. The summed E-state index contributed by atoms with van der Waals surface area (Å²) in [6.45, 7) is 13.6. The number of rotatable bonds is 8. The molecule has 1 aromatic heterocycles. The lowest BCUT2D eigenvalue weighted by Crippen LogP contribution is -2.42. The van der Waals surface area contributed by atoms with Gasteiger partial charge in [-0.15, -0.1) is 0 Å². The molecule has 34 heavy (non-hydrogen) atoms. The van der Waals surface area contributed by atoms with Crippen LogP contribution in [-0.2, 0) is 12.8 Å². The van der Waals surface area contributed by atoms with E-state index in [0.29, 0.717) is 12.1 Å². The van der Waals surface area contributed by atoms with Gasteiger partial charge in [0.05, 0.1) is 12.1 Å². The smallest absolute Gasteiger partial charge is 0.130 e. The van der Waals surface area contributed by atoms with Gasteiger partial charge in [-0.2, -0.15) is 0 Å². The van der Waals surface area contributed by atoms with E-state index >= 15 is 0 Å². The number of ether oxygens (including phenoxy) is 1. The van der Waals surface area contributed by atoms with E-state index in [4.69, 9.17) is 9.72 Å². The van der Waals surface area contributed by atoms with Gasteiger partial charge >= 0.3 is 0 Å². The van der Waals surface area contributed by atoms with E-state index in [-0.39, 0.29) is 0 Å². The monoisotopic (exact) mass is 464 g/mol. The molecule has 0 amide bonds. The quantitative estimate of drug-likeness (QED) is 0.517. The molecule has 1 aromatic carbocycles. The maximum Gasteiger partial charge on any atom is 0.130 e. The van der Waals surface area contributed by atoms with E-state index in [1.807, 2.05) is 0 Å². The SMILES string of the molecule is Cc1cc2c3c(c(NC4CCN(C(C)C)CC4)nc2cc1OCCCN1CCCC1)CCCC3. The zero-order valence-corrected chi connectivity index (χ0v) is 21.7. The Morgan fingerprint density at radius 1 is 1.00 bits per heavy atom. The number of fused-ring (bicyclic) bond motifs is 3. The third kappa shape index (κ3) is 5.36. The van der Waals surface area contributed by atoms with E-state index < -0.39 is 0 Å². The first-order chi connectivity index (χ1) is 16.6. The number of piperidine rings is 1. The van der Waals surface area contributed by atoms with Gasteiger partial charge in [-0.05, 0) is 114 Å². The Balaban J connectivity index is 1.33. The van der Waals surface area contributed by atoms with Gasteiger partial charge in [0.25, 0.3) is 0 Å². The van der Waals surface area contributed by atoms with Crippen molar-refractivity contribution in [3.8, 4) is 5.75 Å². The van der Waals surface area contributed by atoms with E-state index in [2.05, 4.69) is 48.0 Å². The van der Waals surface area contributed by atoms with Crippen molar-refractivity contribution in [2.75, 3.05) is 44.6 Å². The first-order valence-electron chi connectivity index (χ1n) is 13.9. The van der Waals surface area contributed by atoms with Gasteiger partial charge in [-0.25, -0.2) is 4.98 Å². The highest BCUT2D eigenvalue weighted by molar-refractivity contribution is 5.88. The van der Waals surface area contributed by atoms with Crippen molar-refractivity contribution in [3.63, 3.8) is 0 Å². The Hall–Kier alpha value is -1.85. The number of hydrogen-bond acceptors (Lipinski definition) is 5. The lowest BCUT2D eigenvalue weighted by molar-refractivity contribution is 0.177. The summed E-state index contributed by atoms with van der Waals surface area (Å²) in [5, 5.41) is 5.24. The van der Waals surface area contributed by atoms with Crippen LogP contribution in [0.2, 0.25) is 0 Å². The summed E-state index contributed by atoms with van der Waals surface area (Å²) in [4.78, 5) is 10.4. The lowest BCUT2D eigenvalue weighted by Gasteiger charge is -2.35. The van der Waals surface area contributed by atoms with E-state index in [1.54, 1.807) is 0 Å². The Labute approximate surface area is 206 Å². The van der Waals surface area contributed by atoms with Crippen molar-refractivity contribution in [1.82, 2.24) is 14.8 Å². The highest BCUT2D eigenvalue weighted by atomic mass is 16.5. The normalized spacial score (nSPS) is 20.2. The van der Waals surface area contributed by atoms with Gasteiger partial charge in [0.1, 0.15) is 11.6 Å².